The van der Waals surface area contributed by atoms with Crippen LogP contribution in [0.3, 0.4) is 0 Å². The fraction of sp³-hybridized carbons (Fsp3) is 0.435. The van der Waals surface area contributed by atoms with Gasteiger partial charge in [-0.25, -0.2) is 8.42 Å². The van der Waals surface area contributed by atoms with Gasteiger partial charge in [0.25, 0.3) is 0 Å². The van der Waals surface area contributed by atoms with E-state index < -0.39 is 10.0 Å². The van der Waals surface area contributed by atoms with E-state index in [9.17, 15) is 13.2 Å². The minimum absolute atomic E-state index is 0.0463. The molecule has 0 bridgehead atoms. The molecule has 2 aliphatic rings. The van der Waals surface area contributed by atoms with Crippen LogP contribution in [0.1, 0.15) is 18.9 Å². The van der Waals surface area contributed by atoms with Crippen molar-refractivity contribution in [3.8, 4) is 5.75 Å². The number of carbonyl (C=O) groups is 1. The molecule has 2 aliphatic heterocycles. The van der Waals surface area contributed by atoms with Gasteiger partial charge in [-0.1, -0.05) is 18.2 Å². The molecule has 0 spiro atoms. The molecule has 0 aliphatic carbocycles. The van der Waals surface area contributed by atoms with Gasteiger partial charge < -0.3 is 14.5 Å². The quantitative estimate of drug-likeness (QED) is 0.710. The highest BCUT2D eigenvalue weighted by atomic mass is 32.2. The number of hydrogen-bond acceptors (Lipinski definition) is 5. The van der Waals surface area contributed by atoms with Crippen molar-refractivity contribution in [2.45, 2.75) is 30.7 Å². The van der Waals surface area contributed by atoms with Gasteiger partial charge in [-0.05, 0) is 55.7 Å². The largest absolute Gasteiger partial charge is 0.497 e. The van der Waals surface area contributed by atoms with Crippen LogP contribution in [0.25, 0.3) is 0 Å². The van der Waals surface area contributed by atoms with Crippen molar-refractivity contribution in [3.63, 3.8) is 0 Å². The fourth-order valence-electron chi connectivity index (χ4n) is 4.32. The number of nitrogens with zero attached hydrogens (tertiary/aromatic N) is 3. The van der Waals surface area contributed by atoms with E-state index in [0.717, 1.165) is 18.5 Å². The maximum Gasteiger partial charge on any atom is 0.243 e. The van der Waals surface area contributed by atoms with Gasteiger partial charge in [0, 0.05) is 37.9 Å². The summed E-state index contributed by atoms with van der Waals surface area (Å²) in [6, 6.07) is 15.0. The molecule has 1 saturated heterocycles. The molecular formula is C23H29N3O4S. The van der Waals surface area contributed by atoms with Crippen LogP contribution in [0.2, 0.25) is 0 Å². The van der Waals surface area contributed by atoms with E-state index in [0.29, 0.717) is 44.5 Å². The van der Waals surface area contributed by atoms with Gasteiger partial charge >= 0.3 is 0 Å². The number of aryl methyl sites for hydroxylation is 1. The fourth-order valence-corrected chi connectivity index (χ4v) is 5.74. The van der Waals surface area contributed by atoms with Crippen molar-refractivity contribution in [1.82, 2.24) is 9.21 Å². The van der Waals surface area contributed by atoms with Crippen LogP contribution in [0.4, 0.5) is 5.69 Å². The highest BCUT2D eigenvalue weighted by molar-refractivity contribution is 7.89. The predicted octanol–water partition coefficient (Wildman–Crippen LogP) is 2.37. The lowest BCUT2D eigenvalue weighted by Gasteiger charge is -2.39. The summed E-state index contributed by atoms with van der Waals surface area (Å²) in [6.45, 7) is 3.88. The molecule has 7 nitrogen and oxygen atoms in total. The van der Waals surface area contributed by atoms with Crippen LogP contribution in [0.15, 0.2) is 53.4 Å². The topological polar surface area (TPSA) is 70.2 Å². The third-order valence-electron chi connectivity index (χ3n) is 6.26. The van der Waals surface area contributed by atoms with Gasteiger partial charge in [-0.15, -0.1) is 0 Å². The summed E-state index contributed by atoms with van der Waals surface area (Å²) in [5, 5.41) is 0. The standard InChI is InChI=1S/C23H29N3O4S/c1-18-7-8-19-5-3-4-6-22(19)26(18)17-23(27)24-13-15-25(16-14-24)31(28,29)21-11-9-20(30-2)10-12-21/h3-6,9-12,18H,7-8,13-17H2,1-2H3/t18-/m1/s1. The maximum absolute atomic E-state index is 13.0. The average Bonchev–Trinajstić information content (AvgIpc) is 2.81. The second kappa shape index (κ2) is 8.88. The number of para-hydroxylation sites is 1. The molecule has 0 saturated carbocycles. The summed E-state index contributed by atoms with van der Waals surface area (Å²) in [7, 11) is -2.04. The molecule has 2 heterocycles. The van der Waals surface area contributed by atoms with Crippen LogP contribution in [-0.4, -0.2) is 69.4 Å². The first-order valence-corrected chi connectivity index (χ1v) is 12.1. The van der Waals surface area contributed by atoms with E-state index in [4.69, 9.17) is 4.74 Å². The zero-order valence-electron chi connectivity index (χ0n) is 18.0. The van der Waals surface area contributed by atoms with Gasteiger partial charge in [-0.3, -0.25) is 4.79 Å². The minimum Gasteiger partial charge on any atom is -0.497 e. The molecule has 2 aromatic rings. The van der Waals surface area contributed by atoms with Crippen molar-refractivity contribution in [2.24, 2.45) is 0 Å². The summed E-state index contributed by atoms with van der Waals surface area (Å²) in [5.41, 5.74) is 2.42. The van der Waals surface area contributed by atoms with Crippen LogP contribution in [0.5, 0.6) is 5.75 Å². The Morgan fingerprint density at radius 1 is 1.03 bits per heavy atom. The minimum atomic E-state index is -3.58. The second-order valence-corrected chi connectivity index (χ2v) is 10.0. The maximum atomic E-state index is 13.0. The van der Waals surface area contributed by atoms with Crippen molar-refractivity contribution in [3.05, 3.63) is 54.1 Å². The number of rotatable bonds is 5. The smallest absolute Gasteiger partial charge is 0.243 e. The summed E-state index contributed by atoms with van der Waals surface area (Å²) in [4.78, 5) is 17.2. The molecule has 1 amide bonds. The molecule has 1 atom stereocenters. The first-order chi connectivity index (χ1) is 14.9. The van der Waals surface area contributed by atoms with Crippen molar-refractivity contribution < 1.29 is 17.9 Å². The summed E-state index contributed by atoms with van der Waals surface area (Å²) in [6.07, 6.45) is 2.06. The molecule has 31 heavy (non-hydrogen) atoms. The van der Waals surface area contributed by atoms with Gasteiger partial charge in [0.1, 0.15) is 5.75 Å². The summed E-state index contributed by atoms with van der Waals surface area (Å²) >= 11 is 0. The van der Waals surface area contributed by atoms with E-state index in [1.807, 2.05) is 12.1 Å². The van der Waals surface area contributed by atoms with Crippen molar-refractivity contribution in [2.75, 3.05) is 44.7 Å². The number of anilines is 1. The second-order valence-electron chi connectivity index (χ2n) is 8.10. The SMILES string of the molecule is COc1ccc(S(=O)(=O)N2CCN(C(=O)CN3c4ccccc4CC[C@H]3C)CC2)cc1. The Balaban J connectivity index is 1.39. The van der Waals surface area contributed by atoms with Crippen LogP contribution in [0, 0.1) is 0 Å². The molecule has 166 valence electrons. The van der Waals surface area contributed by atoms with Gasteiger partial charge in [-0.2, -0.15) is 4.31 Å². The Bertz CT molecular complexity index is 1030. The average molecular weight is 444 g/mol. The zero-order chi connectivity index (χ0) is 22.0. The monoisotopic (exact) mass is 443 g/mol. The van der Waals surface area contributed by atoms with E-state index in [2.05, 4.69) is 24.0 Å². The third-order valence-corrected chi connectivity index (χ3v) is 8.17. The number of carbonyl (C=O) groups excluding carboxylic acids is 1. The van der Waals surface area contributed by atoms with E-state index in [1.165, 1.54) is 9.87 Å². The zero-order valence-corrected chi connectivity index (χ0v) is 18.8. The first-order valence-electron chi connectivity index (χ1n) is 10.7. The molecule has 0 N–H and O–H groups in total. The molecule has 0 unspecified atom stereocenters. The van der Waals surface area contributed by atoms with Crippen molar-refractivity contribution >= 4 is 21.6 Å². The molecule has 8 heteroatoms. The van der Waals surface area contributed by atoms with E-state index >= 15 is 0 Å². The Hall–Kier alpha value is -2.58. The van der Waals surface area contributed by atoms with Crippen LogP contribution in [-0.2, 0) is 21.2 Å². The molecule has 0 aromatic heterocycles. The summed E-state index contributed by atoms with van der Waals surface area (Å²) in [5.74, 6) is 0.660. The molecule has 4 rings (SSSR count). The molecule has 2 aromatic carbocycles. The Labute approximate surface area is 184 Å². The van der Waals surface area contributed by atoms with Crippen LogP contribution >= 0.6 is 0 Å². The Kier molecular flexibility index (Phi) is 6.20. The molecular weight excluding hydrogens is 414 g/mol. The number of benzene rings is 2. The highest BCUT2D eigenvalue weighted by Gasteiger charge is 2.32. The highest BCUT2D eigenvalue weighted by Crippen LogP contribution is 2.30. The predicted molar refractivity (Wildman–Crippen MR) is 120 cm³/mol. The number of piperazine rings is 1. The van der Waals surface area contributed by atoms with Gasteiger partial charge in [0.15, 0.2) is 0 Å². The van der Waals surface area contributed by atoms with E-state index in [-0.39, 0.29) is 10.8 Å². The number of fused-ring (bicyclic) bond motifs is 1. The number of ether oxygens (including phenoxy) is 1. The molecule has 0 radical (unpaired) electrons. The number of methoxy groups -OCH3 is 1. The number of hydrogen-bond donors (Lipinski definition) is 0. The van der Waals surface area contributed by atoms with E-state index in [1.54, 1.807) is 36.3 Å². The lowest BCUT2D eigenvalue weighted by molar-refractivity contribution is -0.131. The Morgan fingerprint density at radius 3 is 2.39 bits per heavy atom. The first kappa shape index (κ1) is 21.6. The molecule has 1 fully saturated rings. The van der Waals surface area contributed by atoms with Gasteiger partial charge in [0.2, 0.25) is 15.9 Å². The third kappa shape index (κ3) is 4.41. The lowest BCUT2D eigenvalue weighted by atomic mass is 9.96. The number of amides is 1. The normalized spacial score (nSPS) is 19.7. The van der Waals surface area contributed by atoms with Gasteiger partial charge in [0.05, 0.1) is 18.6 Å². The summed E-state index contributed by atoms with van der Waals surface area (Å²) < 4.78 is 32.4. The lowest BCUT2D eigenvalue weighted by Crippen LogP contribution is -2.53. The van der Waals surface area contributed by atoms with Crippen molar-refractivity contribution in [1.29, 1.82) is 0 Å². The number of sulfonamides is 1. The van der Waals surface area contributed by atoms with Crippen LogP contribution < -0.4 is 9.64 Å². The Morgan fingerprint density at radius 2 is 1.71 bits per heavy atom.